The molecule has 158 valence electrons. The van der Waals surface area contributed by atoms with Crippen LogP contribution >= 0.6 is 27.5 Å². The van der Waals surface area contributed by atoms with Crippen LogP contribution in [-0.4, -0.2) is 0 Å². The summed E-state index contributed by atoms with van der Waals surface area (Å²) >= 11 is 10.5. The minimum absolute atomic E-state index is 0.414. The molecule has 2 heteroatoms. The molecular weight excluding hydrogens is 488 g/mol. The van der Waals surface area contributed by atoms with Gasteiger partial charge in [0.05, 0.1) is 5.41 Å². The van der Waals surface area contributed by atoms with Gasteiger partial charge in [0.15, 0.2) is 0 Å². The fourth-order valence-corrected chi connectivity index (χ4v) is 5.85. The molecule has 0 heterocycles. The third kappa shape index (κ3) is 3.11. The van der Waals surface area contributed by atoms with Crippen LogP contribution < -0.4 is 0 Å². The molecule has 0 amide bonds. The molecule has 0 nitrogen and oxygen atoms in total. The predicted molar refractivity (Wildman–Crippen MR) is 142 cm³/mol. The Labute approximate surface area is 207 Å². The van der Waals surface area contributed by atoms with Crippen molar-refractivity contribution in [2.24, 2.45) is 0 Å². The lowest BCUT2D eigenvalue weighted by Gasteiger charge is -2.34. The molecule has 0 unspecified atom stereocenters. The predicted octanol–water partition coefficient (Wildman–Crippen LogP) is 9.13. The van der Waals surface area contributed by atoms with Crippen molar-refractivity contribution in [3.05, 3.63) is 153 Å². The highest BCUT2D eigenvalue weighted by Crippen LogP contribution is 2.57. The zero-order chi connectivity index (χ0) is 22.4. The Morgan fingerprint density at radius 2 is 1.09 bits per heavy atom. The normalized spacial score (nSPS) is 13.4. The SMILES string of the molecule is Clc1cc2c(cc1-c1ccc(Br)cc1)C(c1ccccc1)(c1ccccc1)c1ccccc1-2. The molecule has 0 bridgehead atoms. The van der Waals surface area contributed by atoms with Crippen molar-refractivity contribution in [2.75, 3.05) is 0 Å². The monoisotopic (exact) mass is 506 g/mol. The fourth-order valence-electron chi connectivity index (χ4n) is 5.31. The van der Waals surface area contributed by atoms with E-state index in [1.807, 2.05) is 0 Å². The molecule has 6 rings (SSSR count). The van der Waals surface area contributed by atoms with E-state index >= 15 is 0 Å². The van der Waals surface area contributed by atoms with Gasteiger partial charge in [0.25, 0.3) is 0 Å². The number of halogens is 2. The first kappa shape index (κ1) is 20.5. The molecule has 0 atom stereocenters. The van der Waals surface area contributed by atoms with Crippen LogP contribution in [0.4, 0.5) is 0 Å². The minimum atomic E-state index is -0.414. The second kappa shape index (κ2) is 8.02. The van der Waals surface area contributed by atoms with Crippen molar-refractivity contribution in [3.63, 3.8) is 0 Å². The first-order chi connectivity index (χ1) is 16.2. The Bertz CT molecular complexity index is 1420. The molecule has 0 radical (unpaired) electrons. The molecule has 1 aliphatic carbocycles. The van der Waals surface area contributed by atoms with E-state index in [0.29, 0.717) is 0 Å². The molecule has 0 saturated carbocycles. The van der Waals surface area contributed by atoms with E-state index in [-0.39, 0.29) is 0 Å². The van der Waals surface area contributed by atoms with E-state index in [2.05, 4.69) is 137 Å². The van der Waals surface area contributed by atoms with Gasteiger partial charge in [-0.1, -0.05) is 125 Å². The van der Waals surface area contributed by atoms with Crippen molar-refractivity contribution < 1.29 is 0 Å². The van der Waals surface area contributed by atoms with Gasteiger partial charge in [0.1, 0.15) is 0 Å². The van der Waals surface area contributed by atoms with Gasteiger partial charge in [-0.05, 0) is 63.2 Å². The van der Waals surface area contributed by atoms with E-state index in [9.17, 15) is 0 Å². The maximum absolute atomic E-state index is 6.92. The first-order valence-corrected chi connectivity index (χ1v) is 12.2. The summed E-state index contributed by atoms with van der Waals surface area (Å²) in [6, 6.07) is 43.2. The van der Waals surface area contributed by atoms with Crippen molar-refractivity contribution in [1.29, 1.82) is 0 Å². The zero-order valence-electron chi connectivity index (χ0n) is 17.8. The van der Waals surface area contributed by atoms with Crippen LogP contribution in [-0.2, 0) is 5.41 Å². The number of rotatable bonds is 3. The highest BCUT2D eigenvalue weighted by atomic mass is 79.9. The van der Waals surface area contributed by atoms with Gasteiger partial charge in [-0.2, -0.15) is 0 Å². The van der Waals surface area contributed by atoms with Crippen LogP contribution in [0.25, 0.3) is 22.3 Å². The summed E-state index contributed by atoms with van der Waals surface area (Å²) in [5.74, 6) is 0. The third-order valence-electron chi connectivity index (χ3n) is 6.70. The van der Waals surface area contributed by atoms with Crippen LogP contribution in [0.15, 0.2) is 126 Å². The van der Waals surface area contributed by atoms with E-state index < -0.39 is 5.41 Å². The molecule has 0 aromatic heterocycles. The molecular formula is C31H20BrCl. The number of hydrogen-bond acceptors (Lipinski definition) is 0. The standard InChI is InChI=1S/C31H20BrCl/c32-24-17-15-21(16-18-24)26-19-29-27(20-30(26)33)25-13-7-8-14-28(25)31(29,22-9-3-1-4-10-22)23-11-5-2-6-12-23/h1-20H. The van der Waals surface area contributed by atoms with Crippen LogP contribution in [0.5, 0.6) is 0 Å². The van der Waals surface area contributed by atoms with Gasteiger partial charge in [-0.3, -0.25) is 0 Å². The number of fused-ring (bicyclic) bond motifs is 3. The maximum Gasteiger partial charge on any atom is 0.0713 e. The molecule has 0 saturated heterocycles. The van der Waals surface area contributed by atoms with Crippen molar-refractivity contribution >= 4 is 27.5 Å². The topological polar surface area (TPSA) is 0 Å². The molecule has 0 spiro atoms. The van der Waals surface area contributed by atoms with Gasteiger partial charge >= 0.3 is 0 Å². The van der Waals surface area contributed by atoms with Crippen LogP contribution in [0, 0.1) is 0 Å². The molecule has 5 aromatic rings. The highest BCUT2D eigenvalue weighted by Gasteiger charge is 2.46. The van der Waals surface area contributed by atoms with Crippen LogP contribution in [0.1, 0.15) is 22.3 Å². The van der Waals surface area contributed by atoms with Crippen LogP contribution in [0.2, 0.25) is 5.02 Å². The summed E-state index contributed by atoms with van der Waals surface area (Å²) in [6.07, 6.45) is 0. The zero-order valence-corrected chi connectivity index (χ0v) is 20.1. The van der Waals surface area contributed by atoms with E-state index in [4.69, 9.17) is 11.6 Å². The molecule has 1 aliphatic rings. The lowest BCUT2D eigenvalue weighted by molar-refractivity contribution is 0.769. The Hall–Kier alpha value is -3.13. The average Bonchev–Trinajstić information content (AvgIpc) is 3.15. The van der Waals surface area contributed by atoms with Gasteiger partial charge in [0, 0.05) is 15.1 Å². The van der Waals surface area contributed by atoms with Gasteiger partial charge < -0.3 is 0 Å². The first-order valence-electron chi connectivity index (χ1n) is 11.0. The second-order valence-electron chi connectivity index (χ2n) is 8.41. The van der Waals surface area contributed by atoms with Gasteiger partial charge in [0.2, 0.25) is 0 Å². The Balaban J connectivity index is 1.75. The number of benzene rings is 5. The number of hydrogen-bond donors (Lipinski definition) is 0. The summed E-state index contributed by atoms with van der Waals surface area (Å²) < 4.78 is 1.05. The third-order valence-corrected chi connectivity index (χ3v) is 7.54. The van der Waals surface area contributed by atoms with Crippen molar-refractivity contribution in [2.45, 2.75) is 5.41 Å². The smallest absolute Gasteiger partial charge is 0.0713 e. The average molecular weight is 508 g/mol. The largest absolute Gasteiger partial charge is 0.0836 e. The van der Waals surface area contributed by atoms with E-state index in [1.54, 1.807) is 0 Å². The lowest BCUT2D eigenvalue weighted by Crippen LogP contribution is -2.28. The van der Waals surface area contributed by atoms with E-state index in [0.717, 1.165) is 20.6 Å². The van der Waals surface area contributed by atoms with Crippen molar-refractivity contribution in [1.82, 2.24) is 0 Å². The Morgan fingerprint density at radius 1 is 0.515 bits per heavy atom. The summed E-state index contributed by atoms with van der Waals surface area (Å²) in [5.41, 5.74) is 9.25. The van der Waals surface area contributed by atoms with E-state index in [1.165, 1.54) is 33.4 Å². The fraction of sp³-hybridized carbons (Fsp3) is 0.0323. The molecule has 0 fully saturated rings. The summed E-state index contributed by atoms with van der Waals surface area (Å²) in [7, 11) is 0. The highest BCUT2D eigenvalue weighted by molar-refractivity contribution is 9.10. The quantitative estimate of drug-likeness (QED) is 0.224. The molecule has 0 aliphatic heterocycles. The summed E-state index contributed by atoms with van der Waals surface area (Å²) in [5, 5.41) is 0.766. The van der Waals surface area contributed by atoms with Crippen LogP contribution in [0.3, 0.4) is 0 Å². The molecule has 33 heavy (non-hydrogen) atoms. The Morgan fingerprint density at radius 3 is 1.73 bits per heavy atom. The summed E-state index contributed by atoms with van der Waals surface area (Å²) in [4.78, 5) is 0. The van der Waals surface area contributed by atoms with Gasteiger partial charge in [-0.25, -0.2) is 0 Å². The minimum Gasteiger partial charge on any atom is -0.0836 e. The molecule has 0 N–H and O–H groups in total. The van der Waals surface area contributed by atoms with Crippen molar-refractivity contribution in [3.8, 4) is 22.3 Å². The van der Waals surface area contributed by atoms with Gasteiger partial charge in [-0.15, -0.1) is 0 Å². The Kier molecular flexibility index (Phi) is 4.98. The molecule has 5 aromatic carbocycles. The maximum atomic E-state index is 6.92. The summed E-state index contributed by atoms with van der Waals surface area (Å²) in [6.45, 7) is 0. The lowest BCUT2D eigenvalue weighted by atomic mass is 9.67. The second-order valence-corrected chi connectivity index (χ2v) is 9.74.